The molecule has 1 aliphatic heterocycles. The molecule has 80 valence electrons. The van der Waals surface area contributed by atoms with E-state index in [9.17, 15) is 4.79 Å². The molecule has 0 bridgehead atoms. The van der Waals surface area contributed by atoms with E-state index in [1.165, 1.54) is 0 Å². The molecule has 1 aromatic rings. The summed E-state index contributed by atoms with van der Waals surface area (Å²) < 4.78 is 0. The third kappa shape index (κ3) is 2.15. The molecule has 2 amide bonds. The minimum absolute atomic E-state index is 0.0501. The Labute approximate surface area is 87.7 Å². The first kappa shape index (κ1) is 9.70. The number of hydrogen-bond donors (Lipinski definition) is 2. The molecule has 0 aromatic carbocycles. The van der Waals surface area contributed by atoms with Gasteiger partial charge in [-0.15, -0.1) is 0 Å². The van der Waals surface area contributed by atoms with Gasteiger partial charge in [-0.1, -0.05) is 0 Å². The summed E-state index contributed by atoms with van der Waals surface area (Å²) in [5.41, 5.74) is 0. The highest BCUT2D eigenvalue weighted by Gasteiger charge is 2.24. The predicted molar refractivity (Wildman–Crippen MR) is 55.2 cm³/mol. The van der Waals surface area contributed by atoms with E-state index in [0.717, 1.165) is 0 Å². The molecule has 2 heterocycles. The second-order valence-electron chi connectivity index (χ2n) is 3.32. The van der Waals surface area contributed by atoms with Crippen LogP contribution in [0, 0.1) is 0 Å². The molecule has 1 saturated heterocycles. The summed E-state index contributed by atoms with van der Waals surface area (Å²) in [6.07, 6.45) is 3.22. The lowest BCUT2D eigenvalue weighted by Gasteiger charge is -2.23. The fraction of sp³-hybridized carbons (Fsp3) is 0.444. The molecule has 1 unspecified atom stereocenters. The van der Waals surface area contributed by atoms with E-state index in [0.29, 0.717) is 19.0 Å². The minimum Gasteiger partial charge on any atom is -0.336 e. The van der Waals surface area contributed by atoms with Crippen LogP contribution in [0.5, 0.6) is 0 Å². The van der Waals surface area contributed by atoms with Gasteiger partial charge in [0.05, 0.1) is 0 Å². The monoisotopic (exact) mass is 207 g/mol. The van der Waals surface area contributed by atoms with E-state index < -0.39 is 0 Å². The fourth-order valence-corrected chi connectivity index (χ4v) is 1.49. The molecule has 0 radical (unpaired) electrons. The zero-order valence-corrected chi connectivity index (χ0v) is 8.47. The Morgan fingerprint density at radius 3 is 2.87 bits per heavy atom. The first-order chi connectivity index (χ1) is 7.27. The lowest BCUT2D eigenvalue weighted by molar-refractivity contribution is 0.207. The van der Waals surface area contributed by atoms with Crippen molar-refractivity contribution in [3.63, 3.8) is 0 Å². The van der Waals surface area contributed by atoms with E-state index >= 15 is 0 Å². The first-order valence-electron chi connectivity index (χ1n) is 4.85. The predicted octanol–water partition coefficient (Wildman–Crippen LogP) is 0.260. The van der Waals surface area contributed by atoms with Gasteiger partial charge in [-0.3, -0.25) is 0 Å². The first-order valence-corrected chi connectivity index (χ1v) is 4.85. The van der Waals surface area contributed by atoms with Crippen molar-refractivity contribution < 1.29 is 4.79 Å². The molecule has 1 fully saturated rings. The zero-order chi connectivity index (χ0) is 10.7. The molecule has 1 aliphatic rings. The minimum atomic E-state index is -0.102. The van der Waals surface area contributed by atoms with Crippen LogP contribution < -0.4 is 10.6 Å². The lowest BCUT2D eigenvalue weighted by Crippen LogP contribution is -2.41. The number of amides is 2. The Kier molecular flexibility index (Phi) is 2.66. The third-order valence-corrected chi connectivity index (χ3v) is 2.26. The van der Waals surface area contributed by atoms with Gasteiger partial charge in [0, 0.05) is 25.5 Å². The second-order valence-corrected chi connectivity index (χ2v) is 3.32. The largest absolute Gasteiger partial charge is 0.336 e. The quantitative estimate of drug-likeness (QED) is 0.746. The number of anilines is 1. The summed E-state index contributed by atoms with van der Waals surface area (Å²) in [4.78, 5) is 21.1. The third-order valence-electron chi connectivity index (χ3n) is 2.26. The van der Waals surface area contributed by atoms with E-state index in [1.54, 1.807) is 23.4 Å². The van der Waals surface area contributed by atoms with Crippen molar-refractivity contribution in [3.05, 3.63) is 18.5 Å². The van der Waals surface area contributed by atoms with Gasteiger partial charge in [-0.05, 0) is 13.0 Å². The Hall–Kier alpha value is -1.85. The Balaban J connectivity index is 1.97. The number of urea groups is 1. The summed E-state index contributed by atoms with van der Waals surface area (Å²) in [5.74, 6) is 0.532. The van der Waals surface area contributed by atoms with Crippen LogP contribution in [0.3, 0.4) is 0 Å². The highest BCUT2D eigenvalue weighted by molar-refractivity contribution is 5.76. The number of nitrogens with one attached hydrogen (secondary N) is 2. The van der Waals surface area contributed by atoms with Gasteiger partial charge >= 0.3 is 6.03 Å². The second kappa shape index (κ2) is 4.12. The Morgan fingerprint density at radius 1 is 1.53 bits per heavy atom. The van der Waals surface area contributed by atoms with Gasteiger partial charge < -0.3 is 15.5 Å². The molecule has 0 saturated carbocycles. The van der Waals surface area contributed by atoms with E-state index in [2.05, 4.69) is 20.6 Å². The molecule has 6 heteroatoms. The SMILES string of the molecule is CC(Nc1ncccn1)N1CCNC1=O. The van der Waals surface area contributed by atoms with Crippen LogP contribution in [-0.4, -0.2) is 40.2 Å². The van der Waals surface area contributed by atoms with Gasteiger partial charge in [0.1, 0.15) is 6.17 Å². The molecule has 2 rings (SSSR count). The van der Waals surface area contributed by atoms with Crippen LogP contribution in [0.2, 0.25) is 0 Å². The summed E-state index contributed by atoms with van der Waals surface area (Å²) in [6.45, 7) is 3.31. The highest BCUT2D eigenvalue weighted by atomic mass is 16.2. The van der Waals surface area contributed by atoms with Gasteiger partial charge in [-0.2, -0.15) is 0 Å². The number of rotatable bonds is 3. The van der Waals surface area contributed by atoms with E-state index in [1.807, 2.05) is 6.92 Å². The zero-order valence-electron chi connectivity index (χ0n) is 8.47. The molecule has 0 aliphatic carbocycles. The maximum Gasteiger partial charge on any atom is 0.319 e. The maximum absolute atomic E-state index is 11.3. The standard InChI is InChI=1S/C9H13N5O/c1-7(14-6-5-12-9(14)15)13-8-10-3-2-4-11-8/h2-4,7H,5-6H2,1H3,(H,12,15)(H,10,11,13). The molecule has 2 N–H and O–H groups in total. The molecule has 0 spiro atoms. The van der Waals surface area contributed by atoms with E-state index in [4.69, 9.17) is 0 Å². The number of nitrogens with zero attached hydrogens (tertiary/aromatic N) is 3. The number of carbonyl (C=O) groups is 1. The van der Waals surface area contributed by atoms with Crippen molar-refractivity contribution in [2.75, 3.05) is 18.4 Å². The average molecular weight is 207 g/mol. The average Bonchev–Trinajstić information content (AvgIpc) is 2.66. The molecule has 1 aromatic heterocycles. The summed E-state index contributed by atoms with van der Waals surface area (Å²) in [6, 6.07) is 1.70. The van der Waals surface area contributed by atoms with Crippen LogP contribution in [0.4, 0.5) is 10.7 Å². The van der Waals surface area contributed by atoms with Crippen LogP contribution >= 0.6 is 0 Å². The topological polar surface area (TPSA) is 70.2 Å². The van der Waals surface area contributed by atoms with Crippen molar-refractivity contribution in [2.45, 2.75) is 13.1 Å². The van der Waals surface area contributed by atoms with Crippen molar-refractivity contribution in [3.8, 4) is 0 Å². The smallest absolute Gasteiger partial charge is 0.319 e. The van der Waals surface area contributed by atoms with Crippen LogP contribution in [0.15, 0.2) is 18.5 Å². The van der Waals surface area contributed by atoms with E-state index in [-0.39, 0.29) is 12.2 Å². The normalized spacial score (nSPS) is 17.4. The van der Waals surface area contributed by atoms with Gasteiger partial charge in [-0.25, -0.2) is 14.8 Å². The van der Waals surface area contributed by atoms with Crippen molar-refractivity contribution in [1.29, 1.82) is 0 Å². The Bertz CT molecular complexity index is 342. The van der Waals surface area contributed by atoms with Crippen LogP contribution in [0.25, 0.3) is 0 Å². The number of hydrogen-bond acceptors (Lipinski definition) is 4. The maximum atomic E-state index is 11.3. The summed E-state index contributed by atoms with van der Waals surface area (Å²) >= 11 is 0. The molecule has 6 nitrogen and oxygen atoms in total. The fourth-order valence-electron chi connectivity index (χ4n) is 1.49. The highest BCUT2D eigenvalue weighted by Crippen LogP contribution is 2.06. The van der Waals surface area contributed by atoms with Crippen molar-refractivity contribution >= 4 is 12.0 Å². The molecule has 15 heavy (non-hydrogen) atoms. The van der Waals surface area contributed by atoms with Gasteiger partial charge in [0.25, 0.3) is 0 Å². The van der Waals surface area contributed by atoms with Gasteiger partial charge in [0.2, 0.25) is 5.95 Å². The van der Waals surface area contributed by atoms with Crippen molar-refractivity contribution in [2.24, 2.45) is 0 Å². The van der Waals surface area contributed by atoms with Gasteiger partial charge in [0.15, 0.2) is 0 Å². The summed E-state index contributed by atoms with van der Waals surface area (Å²) in [5, 5.41) is 5.80. The summed E-state index contributed by atoms with van der Waals surface area (Å²) in [7, 11) is 0. The number of carbonyl (C=O) groups excluding carboxylic acids is 1. The molecular weight excluding hydrogens is 194 g/mol. The van der Waals surface area contributed by atoms with Crippen molar-refractivity contribution in [1.82, 2.24) is 20.2 Å². The molecular formula is C9H13N5O. The van der Waals surface area contributed by atoms with Crippen LogP contribution in [-0.2, 0) is 0 Å². The van der Waals surface area contributed by atoms with Crippen LogP contribution in [0.1, 0.15) is 6.92 Å². The Morgan fingerprint density at radius 2 is 2.27 bits per heavy atom. The molecule has 1 atom stereocenters. The number of aromatic nitrogens is 2. The lowest BCUT2D eigenvalue weighted by atomic mass is 10.4.